The van der Waals surface area contributed by atoms with Crippen molar-refractivity contribution in [2.24, 2.45) is 10.2 Å². The number of benzene rings is 2. The van der Waals surface area contributed by atoms with Gasteiger partial charge in [-0.3, -0.25) is 0 Å². The van der Waals surface area contributed by atoms with Crippen molar-refractivity contribution in [3.05, 3.63) is 60.7 Å². The summed E-state index contributed by atoms with van der Waals surface area (Å²) in [7, 11) is 0. The molecule has 0 aliphatic carbocycles. The summed E-state index contributed by atoms with van der Waals surface area (Å²) in [6, 6.07) is 18.9. The Morgan fingerprint density at radius 2 is 1.36 bits per heavy atom. The van der Waals surface area contributed by atoms with E-state index in [0.29, 0.717) is 11.4 Å². The van der Waals surface area contributed by atoms with E-state index in [-0.39, 0.29) is 11.8 Å². The van der Waals surface area contributed by atoms with Gasteiger partial charge in [-0.05, 0) is 12.1 Å². The fourth-order valence-corrected chi connectivity index (χ4v) is 1.99. The largest absolute Gasteiger partial charge is 0.382 e. The molecule has 0 unspecified atom stereocenters. The first kappa shape index (κ1) is 13.7. The number of hydrogen-bond acceptors (Lipinski definition) is 6. The van der Waals surface area contributed by atoms with Crippen LogP contribution in [0.2, 0.25) is 0 Å². The Morgan fingerprint density at radius 1 is 0.727 bits per heavy atom. The quantitative estimate of drug-likeness (QED) is 0.717. The van der Waals surface area contributed by atoms with Crippen molar-refractivity contribution in [2.75, 3.05) is 11.5 Å². The summed E-state index contributed by atoms with van der Waals surface area (Å²) in [6.45, 7) is 0. The van der Waals surface area contributed by atoms with Crippen LogP contribution in [0.15, 0.2) is 70.9 Å². The number of anilines is 2. The first-order chi connectivity index (χ1) is 10.7. The zero-order valence-electron chi connectivity index (χ0n) is 11.7. The second kappa shape index (κ2) is 6.01. The highest BCUT2D eigenvalue weighted by Gasteiger charge is 2.13. The number of nitrogens with zero attached hydrogens (tertiary/aromatic N) is 4. The van der Waals surface area contributed by atoms with Crippen LogP contribution >= 0.6 is 0 Å². The van der Waals surface area contributed by atoms with Crippen molar-refractivity contribution in [3.8, 4) is 11.3 Å². The average molecular weight is 290 g/mol. The van der Waals surface area contributed by atoms with Gasteiger partial charge in [-0.2, -0.15) is 10.1 Å². The maximum absolute atomic E-state index is 5.94. The standard InChI is InChI=1S/C16H14N6/c17-15-14(22-21-12-9-5-2-6-10-12)13(19-16(18)20-15)11-7-3-1-4-8-11/h1-10H,(H4,17,18,19,20). The maximum Gasteiger partial charge on any atom is 0.222 e. The minimum Gasteiger partial charge on any atom is -0.382 e. The van der Waals surface area contributed by atoms with Gasteiger partial charge in [0.1, 0.15) is 5.69 Å². The van der Waals surface area contributed by atoms with E-state index in [9.17, 15) is 0 Å². The van der Waals surface area contributed by atoms with Crippen molar-refractivity contribution in [2.45, 2.75) is 0 Å². The second-order valence-corrected chi connectivity index (χ2v) is 4.57. The van der Waals surface area contributed by atoms with Crippen LogP contribution in [0.5, 0.6) is 0 Å². The van der Waals surface area contributed by atoms with Crippen LogP contribution in [0.4, 0.5) is 23.1 Å². The van der Waals surface area contributed by atoms with Crippen molar-refractivity contribution in [1.82, 2.24) is 9.97 Å². The van der Waals surface area contributed by atoms with Gasteiger partial charge in [0.25, 0.3) is 0 Å². The molecule has 0 aliphatic heterocycles. The Kier molecular flexibility index (Phi) is 3.74. The molecule has 4 N–H and O–H groups in total. The van der Waals surface area contributed by atoms with Gasteiger partial charge in [-0.1, -0.05) is 48.5 Å². The average Bonchev–Trinajstić information content (AvgIpc) is 2.55. The van der Waals surface area contributed by atoms with Gasteiger partial charge in [0.2, 0.25) is 5.95 Å². The van der Waals surface area contributed by atoms with Gasteiger partial charge < -0.3 is 11.5 Å². The molecule has 1 aromatic heterocycles. The molecule has 6 heteroatoms. The number of hydrogen-bond donors (Lipinski definition) is 2. The predicted molar refractivity (Wildman–Crippen MR) is 86.9 cm³/mol. The Hall–Kier alpha value is -3.28. The molecule has 0 spiro atoms. The van der Waals surface area contributed by atoms with E-state index in [1.54, 1.807) is 0 Å². The second-order valence-electron chi connectivity index (χ2n) is 4.57. The van der Waals surface area contributed by atoms with Crippen molar-refractivity contribution in [1.29, 1.82) is 0 Å². The fraction of sp³-hybridized carbons (Fsp3) is 0. The third-order valence-electron chi connectivity index (χ3n) is 3.00. The Morgan fingerprint density at radius 3 is 2.05 bits per heavy atom. The number of azo groups is 1. The highest BCUT2D eigenvalue weighted by molar-refractivity contribution is 5.79. The number of rotatable bonds is 3. The number of aromatic nitrogens is 2. The molecule has 3 rings (SSSR count). The molecular formula is C16H14N6. The molecule has 0 atom stereocenters. The Balaban J connectivity index is 2.09. The van der Waals surface area contributed by atoms with E-state index in [4.69, 9.17) is 11.5 Å². The minimum atomic E-state index is 0.106. The predicted octanol–water partition coefficient (Wildman–Crippen LogP) is 3.72. The van der Waals surface area contributed by atoms with Crippen LogP contribution in [0.1, 0.15) is 0 Å². The smallest absolute Gasteiger partial charge is 0.222 e. The molecule has 0 amide bonds. The minimum absolute atomic E-state index is 0.106. The molecule has 2 aromatic carbocycles. The Bertz CT molecular complexity index is 800. The molecule has 0 bridgehead atoms. The molecule has 22 heavy (non-hydrogen) atoms. The highest BCUT2D eigenvalue weighted by atomic mass is 15.2. The molecule has 0 radical (unpaired) electrons. The lowest BCUT2D eigenvalue weighted by Gasteiger charge is -2.07. The normalized spacial score (nSPS) is 10.9. The highest BCUT2D eigenvalue weighted by Crippen LogP contribution is 2.34. The lowest BCUT2D eigenvalue weighted by molar-refractivity contribution is 1.15. The van der Waals surface area contributed by atoms with Crippen LogP contribution in [0.25, 0.3) is 11.3 Å². The first-order valence-electron chi connectivity index (χ1n) is 6.69. The summed E-state index contributed by atoms with van der Waals surface area (Å²) < 4.78 is 0. The van der Waals surface area contributed by atoms with Gasteiger partial charge in [0.05, 0.1) is 5.69 Å². The van der Waals surface area contributed by atoms with Crippen molar-refractivity contribution >= 4 is 23.1 Å². The van der Waals surface area contributed by atoms with Crippen molar-refractivity contribution in [3.63, 3.8) is 0 Å². The molecule has 108 valence electrons. The summed E-state index contributed by atoms with van der Waals surface area (Å²) in [4.78, 5) is 8.21. The molecular weight excluding hydrogens is 276 g/mol. The van der Waals surface area contributed by atoms with Crippen LogP contribution < -0.4 is 11.5 Å². The maximum atomic E-state index is 5.94. The SMILES string of the molecule is Nc1nc(N)c(N=Nc2ccccc2)c(-c2ccccc2)n1. The summed E-state index contributed by atoms with van der Waals surface area (Å²) in [6.07, 6.45) is 0. The fourth-order valence-electron chi connectivity index (χ4n) is 1.99. The lowest BCUT2D eigenvalue weighted by atomic mass is 10.1. The molecule has 0 aliphatic rings. The van der Waals surface area contributed by atoms with Gasteiger partial charge in [0, 0.05) is 5.56 Å². The summed E-state index contributed by atoms with van der Waals surface area (Å²) >= 11 is 0. The summed E-state index contributed by atoms with van der Waals surface area (Å²) in [5, 5.41) is 8.39. The molecule has 0 saturated carbocycles. The van der Waals surface area contributed by atoms with E-state index in [0.717, 1.165) is 11.3 Å². The van der Waals surface area contributed by atoms with Crippen LogP contribution in [-0.2, 0) is 0 Å². The molecule has 1 heterocycles. The number of nitrogens with two attached hydrogens (primary N) is 2. The topological polar surface area (TPSA) is 103 Å². The van der Waals surface area contributed by atoms with Gasteiger partial charge in [0.15, 0.2) is 11.5 Å². The molecule has 0 saturated heterocycles. The van der Waals surface area contributed by atoms with Crippen LogP contribution in [-0.4, -0.2) is 9.97 Å². The molecule has 6 nitrogen and oxygen atoms in total. The van der Waals surface area contributed by atoms with E-state index in [1.165, 1.54) is 0 Å². The molecule has 3 aromatic rings. The van der Waals surface area contributed by atoms with E-state index < -0.39 is 0 Å². The zero-order chi connectivity index (χ0) is 15.4. The number of nitrogen functional groups attached to an aromatic ring is 2. The third kappa shape index (κ3) is 2.90. The van der Waals surface area contributed by atoms with Crippen molar-refractivity contribution < 1.29 is 0 Å². The Labute approximate surface area is 127 Å². The summed E-state index contributed by atoms with van der Waals surface area (Å²) in [5.41, 5.74) is 14.2. The van der Waals surface area contributed by atoms with Gasteiger partial charge in [-0.25, -0.2) is 4.98 Å². The van der Waals surface area contributed by atoms with Gasteiger partial charge >= 0.3 is 0 Å². The lowest BCUT2D eigenvalue weighted by Crippen LogP contribution is -2.01. The summed E-state index contributed by atoms with van der Waals surface area (Å²) in [5.74, 6) is 0.307. The van der Waals surface area contributed by atoms with Gasteiger partial charge in [-0.15, -0.1) is 5.11 Å². The van der Waals surface area contributed by atoms with E-state index in [1.807, 2.05) is 60.7 Å². The van der Waals surface area contributed by atoms with Crippen LogP contribution in [0, 0.1) is 0 Å². The molecule has 0 fully saturated rings. The van der Waals surface area contributed by atoms with Crippen LogP contribution in [0.3, 0.4) is 0 Å². The van der Waals surface area contributed by atoms with E-state index >= 15 is 0 Å². The third-order valence-corrected chi connectivity index (χ3v) is 3.00. The zero-order valence-corrected chi connectivity index (χ0v) is 11.7. The monoisotopic (exact) mass is 290 g/mol. The van der Waals surface area contributed by atoms with E-state index in [2.05, 4.69) is 20.2 Å². The first-order valence-corrected chi connectivity index (χ1v) is 6.69.